The highest BCUT2D eigenvalue weighted by Gasteiger charge is 2.10. The van der Waals surface area contributed by atoms with E-state index in [0.717, 1.165) is 5.56 Å². The average Bonchev–Trinajstić information content (AvgIpc) is 2.08. The van der Waals surface area contributed by atoms with Crippen molar-refractivity contribution in [2.45, 2.75) is 12.5 Å². The van der Waals surface area contributed by atoms with E-state index in [9.17, 15) is 4.79 Å². The number of carbonyl (C=O) groups excluding carboxylic acids is 1. The monoisotopic (exact) mass is 199 g/mol. The summed E-state index contributed by atoms with van der Waals surface area (Å²) in [6.07, 6.45) is -0.895. The minimum atomic E-state index is -1.12. The Balaban J connectivity index is 2.64. The van der Waals surface area contributed by atoms with Gasteiger partial charge in [-0.3, -0.25) is 4.79 Å². The number of rotatable bonds is 3. The number of hydrogen-bond acceptors (Lipinski definition) is 2. The molecule has 1 atom stereocenters. The van der Waals surface area contributed by atoms with Crippen molar-refractivity contribution in [2.24, 2.45) is 5.73 Å². The molecule has 0 saturated heterocycles. The van der Waals surface area contributed by atoms with Crippen LogP contribution in [0.3, 0.4) is 0 Å². The lowest BCUT2D eigenvalue weighted by Gasteiger charge is -2.05. The predicted molar refractivity (Wildman–Crippen MR) is 50.4 cm³/mol. The lowest BCUT2D eigenvalue weighted by Crippen LogP contribution is -2.29. The Morgan fingerprint density at radius 3 is 2.46 bits per heavy atom. The quantitative estimate of drug-likeness (QED) is 0.754. The zero-order valence-electron chi connectivity index (χ0n) is 6.90. The van der Waals surface area contributed by atoms with Crippen LogP contribution in [-0.4, -0.2) is 17.1 Å². The van der Waals surface area contributed by atoms with Gasteiger partial charge in [0.05, 0.1) is 0 Å². The number of benzene rings is 1. The van der Waals surface area contributed by atoms with Crippen LogP contribution in [0.5, 0.6) is 0 Å². The van der Waals surface area contributed by atoms with Gasteiger partial charge in [0.25, 0.3) is 0 Å². The molecule has 0 saturated carbocycles. The Bertz CT molecular complexity index is 297. The van der Waals surface area contributed by atoms with Gasteiger partial charge in [-0.15, -0.1) is 0 Å². The molecule has 13 heavy (non-hydrogen) atoms. The minimum Gasteiger partial charge on any atom is -0.383 e. The third kappa shape index (κ3) is 3.05. The molecular weight excluding hydrogens is 190 g/mol. The van der Waals surface area contributed by atoms with Crippen LogP contribution in [0.2, 0.25) is 5.02 Å². The summed E-state index contributed by atoms with van der Waals surface area (Å²) in [4.78, 5) is 10.5. The molecule has 1 unspecified atom stereocenters. The van der Waals surface area contributed by atoms with Gasteiger partial charge in [-0.25, -0.2) is 0 Å². The van der Waals surface area contributed by atoms with E-state index in [1.165, 1.54) is 0 Å². The summed E-state index contributed by atoms with van der Waals surface area (Å²) >= 11 is 5.66. The van der Waals surface area contributed by atoms with Crippen molar-refractivity contribution in [3.8, 4) is 0 Å². The first-order valence-corrected chi connectivity index (χ1v) is 4.19. The second-order valence-electron chi connectivity index (χ2n) is 2.75. The molecule has 1 aromatic carbocycles. The van der Waals surface area contributed by atoms with Crippen molar-refractivity contribution >= 4 is 17.5 Å². The van der Waals surface area contributed by atoms with E-state index < -0.39 is 12.0 Å². The third-order valence-corrected chi connectivity index (χ3v) is 1.92. The highest BCUT2D eigenvalue weighted by atomic mass is 35.5. The van der Waals surface area contributed by atoms with Gasteiger partial charge < -0.3 is 10.8 Å². The van der Waals surface area contributed by atoms with Gasteiger partial charge in [0.2, 0.25) is 5.91 Å². The fourth-order valence-corrected chi connectivity index (χ4v) is 1.07. The maximum atomic E-state index is 10.5. The molecule has 3 nitrogen and oxygen atoms in total. The molecule has 1 rings (SSSR count). The van der Waals surface area contributed by atoms with Crippen molar-refractivity contribution in [1.82, 2.24) is 0 Å². The van der Waals surface area contributed by atoms with E-state index >= 15 is 0 Å². The lowest BCUT2D eigenvalue weighted by atomic mass is 10.1. The van der Waals surface area contributed by atoms with E-state index in [0.29, 0.717) is 5.02 Å². The molecule has 0 bridgehead atoms. The number of hydrogen-bond donors (Lipinski definition) is 2. The smallest absolute Gasteiger partial charge is 0.246 e. The first-order chi connectivity index (χ1) is 6.09. The normalized spacial score (nSPS) is 12.5. The summed E-state index contributed by atoms with van der Waals surface area (Å²) in [6.45, 7) is 0. The number of amides is 1. The standard InChI is InChI=1S/C9H10ClNO2/c10-7-3-1-6(2-4-7)5-8(12)9(11)13/h1-4,8,12H,5H2,(H2,11,13). The molecule has 3 N–H and O–H groups in total. The van der Waals surface area contributed by atoms with E-state index in [2.05, 4.69) is 0 Å². The van der Waals surface area contributed by atoms with Crippen LogP contribution in [-0.2, 0) is 11.2 Å². The Kier molecular flexibility index (Phi) is 3.28. The van der Waals surface area contributed by atoms with Gasteiger partial charge in [0.15, 0.2) is 0 Å². The molecule has 0 spiro atoms. The van der Waals surface area contributed by atoms with Crippen LogP contribution < -0.4 is 5.73 Å². The van der Waals surface area contributed by atoms with Gasteiger partial charge in [-0.1, -0.05) is 23.7 Å². The number of aliphatic hydroxyl groups is 1. The molecular formula is C9H10ClNO2. The van der Waals surface area contributed by atoms with Crippen molar-refractivity contribution in [3.63, 3.8) is 0 Å². The molecule has 1 amide bonds. The fraction of sp³-hybridized carbons (Fsp3) is 0.222. The van der Waals surface area contributed by atoms with Crippen molar-refractivity contribution in [1.29, 1.82) is 0 Å². The van der Waals surface area contributed by atoms with Crippen LogP contribution >= 0.6 is 11.6 Å². The van der Waals surface area contributed by atoms with Crippen molar-refractivity contribution in [2.75, 3.05) is 0 Å². The number of nitrogens with two attached hydrogens (primary N) is 1. The zero-order valence-corrected chi connectivity index (χ0v) is 7.66. The molecule has 0 aliphatic rings. The molecule has 0 radical (unpaired) electrons. The van der Waals surface area contributed by atoms with Crippen LogP contribution in [0, 0.1) is 0 Å². The Morgan fingerprint density at radius 1 is 1.46 bits per heavy atom. The molecule has 1 aromatic rings. The van der Waals surface area contributed by atoms with Crippen molar-refractivity contribution in [3.05, 3.63) is 34.9 Å². The number of primary amides is 1. The maximum absolute atomic E-state index is 10.5. The topological polar surface area (TPSA) is 63.3 Å². The number of halogens is 1. The van der Waals surface area contributed by atoms with E-state index in [1.54, 1.807) is 24.3 Å². The molecule has 4 heteroatoms. The summed E-state index contributed by atoms with van der Waals surface area (Å²) in [5.74, 6) is -0.713. The van der Waals surface area contributed by atoms with Crippen LogP contribution in [0.25, 0.3) is 0 Å². The van der Waals surface area contributed by atoms with Crippen LogP contribution in [0.15, 0.2) is 24.3 Å². The van der Waals surface area contributed by atoms with Gasteiger partial charge >= 0.3 is 0 Å². The number of aliphatic hydroxyl groups excluding tert-OH is 1. The first kappa shape index (κ1) is 10.0. The lowest BCUT2D eigenvalue weighted by molar-refractivity contribution is -0.125. The zero-order chi connectivity index (χ0) is 9.84. The van der Waals surface area contributed by atoms with Gasteiger partial charge in [0, 0.05) is 11.4 Å². The molecule has 70 valence electrons. The Hall–Kier alpha value is -1.06. The average molecular weight is 200 g/mol. The van der Waals surface area contributed by atoms with Gasteiger partial charge in [-0.05, 0) is 17.7 Å². The Labute approximate surface area is 81.1 Å². The van der Waals surface area contributed by atoms with E-state index in [4.69, 9.17) is 22.4 Å². The molecule has 0 aromatic heterocycles. The second kappa shape index (κ2) is 4.25. The summed E-state index contributed by atoms with van der Waals surface area (Å²) in [5, 5.41) is 9.76. The predicted octanol–water partition coefficient (Wildman–Crippen LogP) is 0.729. The molecule has 0 aliphatic heterocycles. The molecule has 0 fully saturated rings. The summed E-state index contributed by atoms with van der Waals surface area (Å²) < 4.78 is 0. The molecule has 0 aliphatic carbocycles. The largest absolute Gasteiger partial charge is 0.383 e. The van der Waals surface area contributed by atoms with Gasteiger partial charge in [0.1, 0.15) is 6.10 Å². The second-order valence-corrected chi connectivity index (χ2v) is 3.19. The highest BCUT2D eigenvalue weighted by Crippen LogP contribution is 2.10. The van der Waals surface area contributed by atoms with E-state index in [1.807, 2.05) is 0 Å². The van der Waals surface area contributed by atoms with Crippen molar-refractivity contribution < 1.29 is 9.90 Å². The fourth-order valence-electron chi connectivity index (χ4n) is 0.944. The summed E-state index contributed by atoms with van der Waals surface area (Å²) in [7, 11) is 0. The van der Waals surface area contributed by atoms with Crippen LogP contribution in [0.4, 0.5) is 0 Å². The van der Waals surface area contributed by atoms with Gasteiger partial charge in [-0.2, -0.15) is 0 Å². The maximum Gasteiger partial charge on any atom is 0.246 e. The van der Waals surface area contributed by atoms with Crippen LogP contribution in [0.1, 0.15) is 5.56 Å². The summed E-state index contributed by atoms with van der Waals surface area (Å²) in [6, 6.07) is 6.89. The third-order valence-electron chi connectivity index (χ3n) is 1.67. The highest BCUT2D eigenvalue weighted by molar-refractivity contribution is 6.30. The first-order valence-electron chi connectivity index (χ1n) is 3.81. The SMILES string of the molecule is NC(=O)C(O)Cc1ccc(Cl)cc1. The number of carbonyl (C=O) groups is 1. The molecule has 0 heterocycles. The summed E-state index contributed by atoms with van der Waals surface area (Å²) in [5.41, 5.74) is 5.73. The van der Waals surface area contributed by atoms with E-state index in [-0.39, 0.29) is 6.42 Å². The Morgan fingerprint density at radius 2 is 2.00 bits per heavy atom. The minimum absolute atomic E-state index is 0.229.